The van der Waals surface area contributed by atoms with E-state index in [0.29, 0.717) is 17.9 Å². The number of pyridine rings is 1. The predicted molar refractivity (Wildman–Crippen MR) is 92.3 cm³/mol. The zero-order valence-electron chi connectivity index (χ0n) is 13.5. The fraction of sp³-hybridized carbons (Fsp3) is 0.176. The Labute approximate surface area is 141 Å². The molecule has 0 amide bonds. The highest BCUT2D eigenvalue weighted by Crippen LogP contribution is 2.19. The summed E-state index contributed by atoms with van der Waals surface area (Å²) >= 11 is 0. The van der Waals surface area contributed by atoms with Gasteiger partial charge in [-0.2, -0.15) is 5.10 Å². The molecular weight excluding hydrogens is 324 g/mol. The minimum atomic E-state index is -3.66. The maximum Gasteiger partial charge on any atom is 0.263 e. The van der Waals surface area contributed by atoms with Crippen LogP contribution in [0.15, 0.2) is 59.9 Å². The molecular formula is C17H18N4O2S. The van der Waals surface area contributed by atoms with Crippen molar-refractivity contribution in [3.63, 3.8) is 0 Å². The Morgan fingerprint density at radius 2 is 2.00 bits per heavy atom. The summed E-state index contributed by atoms with van der Waals surface area (Å²) in [6.45, 7) is 4.16. The SMILES string of the molecule is Cc1ccc(C)c(S(=O)(=O)Nc2ccn(Cc3cccnc3)n2)c1. The first-order chi connectivity index (χ1) is 11.4. The van der Waals surface area contributed by atoms with Gasteiger partial charge in [0.15, 0.2) is 5.82 Å². The number of hydrogen-bond acceptors (Lipinski definition) is 4. The zero-order chi connectivity index (χ0) is 17.2. The fourth-order valence-electron chi connectivity index (χ4n) is 2.37. The molecule has 1 aromatic carbocycles. The van der Waals surface area contributed by atoms with Gasteiger partial charge in [0.05, 0.1) is 11.4 Å². The molecule has 0 aliphatic rings. The smallest absolute Gasteiger partial charge is 0.263 e. The summed E-state index contributed by atoms with van der Waals surface area (Å²) in [6.07, 6.45) is 5.19. The molecule has 0 unspecified atom stereocenters. The molecule has 3 rings (SSSR count). The van der Waals surface area contributed by atoms with Crippen LogP contribution in [-0.4, -0.2) is 23.2 Å². The van der Waals surface area contributed by atoms with Crippen molar-refractivity contribution in [2.24, 2.45) is 0 Å². The molecule has 0 saturated heterocycles. The monoisotopic (exact) mass is 342 g/mol. The van der Waals surface area contributed by atoms with E-state index in [1.807, 2.05) is 25.1 Å². The number of nitrogens with one attached hydrogen (secondary N) is 1. The molecule has 0 fully saturated rings. The Morgan fingerprint density at radius 1 is 1.17 bits per heavy atom. The van der Waals surface area contributed by atoms with Crippen LogP contribution in [0.5, 0.6) is 0 Å². The lowest BCUT2D eigenvalue weighted by atomic mass is 10.2. The first-order valence-corrected chi connectivity index (χ1v) is 8.95. The lowest BCUT2D eigenvalue weighted by Gasteiger charge is -2.09. The molecule has 0 saturated carbocycles. The Bertz CT molecular complexity index is 950. The number of aromatic nitrogens is 3. The van der Waals surface area contributed by atoms with Crippen LogP contribution in [0.25, 0.3) is 0 Å². The van der Waals surface area contributed by atoms with Crippen molar-refractivity contribution in [2.45, 2.75) is 25.3 Å². The molecule has 124 valence electrons. The van der Waals surface area contributed by atoms with Gasteiger partial charge in [0.25, 0.3) is 10.0 Å². The summed E-state index contributed by atoms with van der Waals surface area (Å²) in [7, 11) is -3.66. The van der Waals surface area contributed by atoms with E-state index in [1.165, 1.54) is 0 Å². The highest BCUT2D eigenvalue weighted by molar-refractivity contribution is 7.92. The lowest BCUT2D eigenvalue weighted by molar-refractivity contribution is 0.600. The van der Waals surface area contributed by atoms with Gasteiger partial charge in [-0.1, -0.05) is 18.2 Å². The summed E-state index contributed by atoms with van der Waals surface area (Å²) in [5.41, 5.74) is 2.58. The highest BCUT2D eigenvalue weighted by Gasteiger charge is 2.18. The number of aryl methyl sites for hydroxylation is 2. The molecule has 0 aliphatic carbocycles. The normalized spacial score (nSPS) is 11.4. The standard InChI is InChI=1S/C17H18N4O2S/c1-13-5-6-14(2)16(10-13)24(22,23)20-17-7-9-21(19-17)12-15-4-3-8-18-11-15/h3-11H,12H2,1-2H3,(H,19,20). The maximum atomic E-state index is 12.6. The van der Waals surface area contributed by atoms with Crippen molar-refractivity contribution in [3.8, 4) is 0 Å². The van der Waals surface area contributed by atoms with E-state index in [-0.39, 0.29) is 4.90 Å². The summed E-state index contributed by atoms with van der Waals surface area (Å²) in [4.78, 5) is 4.32. The molecule has 0 radical (unpaired) electrons. The summed E-state index contributed by atoms with van der Waals surface area (Å²) < 4.78 is 29.3. The molecule has 6 nitrogen and oxygen atoms in total. The van der Waals surface area contributed by atoms with E-state index in [1.54, 1.807) is 48.4 Å². The number of sulfonamides is 1. The van der Waals surface area contributed by atoms with Crippen molar-refractivity contribution in [1.82, 2.24) is 14.8 Å². The van der Waals surface area contributed by atoms with Gasteiger partial charge in [-0.15, -0.1) is 0 Å². The second-order valence-electron chi connectivity index (χ2n) is 5.63. The van der Waals surface area contributed by atoms with Gasteiger partial charge in [0.2, 0.25) is 0 Å². The Balaban J connectivity index is 1.80. The van der Waals surface area contributed by atoms with E-state index in [9.17, 15) is 8.42 Å². The van der Waals surface area contributed by atoms with Crippen molar-refractivity contribution < 1.29 is 8.42 Å². The van der Waals surface area contributed by atoms with Gasteiger partial charge in [0.1, 0.15) is 0 Å². The van der Waals surface area contributed by atoms with Gasteiger partial charge < -0.3 is 0 Å². The maximum absolute atomic E-state index is 12.6. The highest BCUT2D eigenvalue weighted by atomic mass is 32.2. The van der Waals surface area contributed by atoms with Crippen LogP contribution in [0.2, 0.25) is 0 Å². The van der Waals surface area contributed by atoms with Gasteiger partial charge in [-0.3, -0.25) is 14.4 Å². The Kier molecular flexibility index (Phi) is 4.35. The Hall–Kier alpha value is -2.67. The molecule has 0 atom stereocenters. The van der Waals surface area contributed by atoms with Crippen molar-refractivity contribution in [1.29, 1.82) is 0 Å². The minimum absolute atomic E-state index is 0.268. The second-order valence-corrected chi connectivity index (χ2v) is 7.29. The molecule has 7 heteroatoms. The fourth-order valence-corrected chi connectivity index (χ4v) is 3.70. The average molecular weight is 342 g/mol. The van der Waals surface area contributed by atoms with E-state index in [0.717, 1.165) is 11.1 Å². The molecule has 0 spiro atoms. The Morgan fingerprint density at radius 3 is 2.75 bits per heavy atom. The number of anilines is 1. The third-order valence-corrected chi connectivity index (χ3v) is 5.08. The van der Waals surface area contributed by atoms with Crippen LogP contribution in [0.3, 0.4) is 0 Å². The van der Waals surface area contributed by atoms with Gasteiger partial charge in [-0.25, -0.2) is 8.42 Å². The van der Waals surface area contributed by atoms with Gasteiger partial charge in [-0.05, 0) is 42.7 Å². The first kappa shape index (κ1) is 16.2. The third-order valence-electron chi connectivity index (χ3n) is 3.58. The van der Waals surface area contributed by atoms with Crippen LogP contribution in [0.1, 0.15) is 16.7 Å². The van der Waals surface area contributed by atoms with E-state index >= 15 is 0 Å². The van der Waals surface area contributed by atoms with Crippen LogP contribution in [0.4, 0.5) is 5.82 Å². The first-order valence-electron chi connectivity index (χ1n) is 7.46. The van der Waals surface area contributed by atoms with Crippen LogP contribution < -0.4 is 4.72 Å². The molecule has 3 aromatic rings. The molecule has 1 N–H and O–H groups in total. The topological polar surface area (TPSA) is 76.9 Å². The predicted octanol–water partition coefficient (Wildman–Crippen LogP) is 2.74. The number of hydrogen-bond donors (Lipinski definition) is 1. The zero-order valence-corrected chi connectivity index (χ0v) is 14.3. The number of rotatable bonds is 5. The quantitative estimate of drug-likeness (QED) is 0.773. The van der Waals surface area contributed by atoms with Crippen LogP contribution in [0, 0.1) is 13.8 Å². The lowest BCUT2D eigenvalue weighted by Crippen LogP contribution is -2.15. The number of benzene rings is 1. The molecule has 2 aromatic heterocycles. The average Bonchev–Trinajstić information content (AvgIpc) is 2.97. The number of nitrogens with zero attached hydrogens (tertiary/aromatic N) is 3. The minimum Gasteiger partial charge on any atom is -0.266 e. The molecule has 24 heavy (non-hydrogen) atoms. The summed E-state index contributed by atoms with van der Waals surface area (Å²) in [5.74, 6) is 0.291. The summed E-state index contributed by atoms with van der Waals surface area (Å²) in [5, 5.41) is 4.27. The van der Waals surface area contributed by atoms with Crippen LogP contribution in [-0.2, 0) is 16.6 Å². The molecule has 0 bridgehead atoms. The van der Waals surface area contributed by atoms with Crippen molar-refractivity contribution in [2.75, 3.05) is 4.72 Å². The van der Waals surface area contributed by atoms with E-state index in [4.69, 9.17) is 0 Å². The van der Waals surface area contributed by atoms with E-state index < -0.39 is 10.0 Å². The second kappa shape index (κ2) is 6.45. The van der Waals surface area contributed by atoms with Crippen LogP contribution >= 0.6 is 0 Å². The summed E-state index contributed by atoms with van der Waals surface area (Å²) in [6, 6.07) is 10.8. The van der Waals surface area contributed by atoms with Crippen molar-refractivity contribution >= 4 is 15.8 Å². The van der Waals surface area contributed by atoms with Gasteiger partial charge in [0, 0.05) is 24.7 Å². The van der Waals surface area contributed by atoms with Crippen molar-refractivity contribution in [3.05, 3.63) is 71.7 Å². The van der Waals surface area contributed by atoms with Gasteiger partial charge >= 0.3 is 0 Å². The molecule has 0 aliphatic heterocycles. The molecule has 2 heterocycles. The largest absolute Gasteiger partial charge is 0.266 e. The third kappa shape index (κ3) is 3.62. The van der Waals surface area contributed by atoms with E-state index in [2.05, 4.69) is 14.8 Å².